The molecule has 0 bridgehead atoms. The molecular formula is C15H25NO2. The van der Waals surface area contributed by atoms with Gasteiger partial charge in [-0.15, -0.1) is 0 Å². The minimum absolute atomic E-state index is 0.267. The number of hydrogen-bond acceptors (Lipinski definition) is 3. The van der Waals surface area contributed by atoms with Crippen molar-refractivity contribution in [2.75, 3.05) is 26.9 Å². The molecule has 0 fully saturated rings. The number of para-hydroxylation sites is 1. The fourth-order valence-electron chi connectivity index (χ4n) is 1.80. The molecule has 1 aromatic rings. The summed E-state index contributed by atoms with van der Waals surface area (Å²) in [7, 11) is 1.71. The Balaban J connectivity index is 2.34. The predicted molar refractivity (Wildman–Crippen MR) is 75.1 cm³/mol. The molecule has 0 spiro atoms. The maximum absolute atomic E-state index is 5.54. The van der Waals surface area contributed by atoms with Gasteiger partial charge in [0.05, 0.1) is 13.7 Å². The molecule has 1 atom stereocenters. The van der Waals surface area contributed by atoms with E-state index in [4.69, 9.17) is 9.47 Å². The van der Waals surface area contributed by atoms with Gasteiger partial charge < -0.3 is 14.8 Å². The first-order valence-corrected chi connectivity index (χ1v) is 6.59. The molecule has 0 saturated heterocycles. The van der Waals surface area contributed by atoms with Gasteiger partial charge in [-0.05, 0) is 18.9 Å². The quantitative estimate of drug-likeness (QED) is 0.720. The minimum atomic E-state index is 0.267. The maximum atomic E-state index is 5.54. The van der Waals surface area contributed by atoms with E-state index in [-0.39, 0.29) is 6.04 Å². The SMILES string of the molecule is COc1ccccc1[C@@H](C)NCCOCC(C)C. The molecule has 102 valence electrons. The van der Waals surface area contributed by atoms with E-state index in [1.54, 1.807) is 7.11 Å². The predicted octanol–water partition coefficient (Wildman–Crippen LogP) is 3.02. The van der Waals surface area contributed by atoms with Gasteiger partial charge in [0.1, 0.15) is 5.75 Å². The summed E-state index contributed by atoms with van der Waals surface area (Å²) >= 11 is 0. The van der Waals surface area contributed by atoms with E-state index in [0.717, 1.165) is 25.5 Å². The lowest BCUT2D eigenvalue weighted by atomic mass is 10.1. The second-order valence-corrected chi connectivity index (χ2v) is 4.89. The fraction of sp³-hybridized carbons (Fsp3) is 0.600. The molecule has 0 amide bonds. The van der Waals surface area contributed by atoms with Gasteiger partial charge in [-0.25, -0.2) is 0 Å². The van der Waals surface area contributed by atoms with E-state index in [2.05, 4.69) is 32.2 Å². The van der Waals surface area contributed by atoms with Crippen molar-refractivity contribution in [1.82, 2.24) is 5.32 Å². The first kappa shape index (κ1) is 15.0. The van der Waals surface area contributed by atoms with Crippen molar-refractivity contribution in [3.8, 4) is 5.75 Å². The van der Waals surface area contributed by atoms with Crippen molar-refractivity contribution >= 4 is 0 Å². The monoisotopic (exact) mass is 251 g/mol. The molecule has 0 aliphatic rings. The summed E-state index contributed by atoms with van der Waals surface area (Å²) in [5.41, 5.74) is 1.18. The van der Waals surface area contributed by atoms with E-state index in [0.29, 0.717) is 5.92 Å². The van der Waals surface area contributed by atoms with Crippen LogP contribution in [0.25, 0.3) is 0 Å². The van der Waals surface area contributed by atoms with Gasteiger partial charge in [-0.2, -0.15) is 0 Å². The van der Waals surface area contributed by atoms with Crippen molar-refractivity contribution in [1.29, 1.82) is 0 Å². The zero-order valence-electron chi connectivity index (χ0n) is 11.9. The molecule has 0 heterocycles. The largest absolute Gasteiger partial charge is 0.496 e. The number of nitrogens with one attached hydrogen (secondary N) is 1. The molecule has 3 nitrogen and oxygen atoms in total. The highest BCUT2D eigenvalue weighted by molar-refractivity contribution is 5.35. The zero-order valence-corrected chi connectivity index (χ0v) is 11.9. The molecule has 0 unspecified atom stereocenters. The normalized spacial score (nSPS) is 12.7. The number of benzene rings is 1. The summed E-state index contributed by atoms with van der Waals surface area (Å²) < 4.78 is 10.9. The summed E-state index contributed by atoms with van der Waals surface area (Å²) in [6.07, 6.45) is 0. The van der Waals surface area contributed by atoms with Crippen LogP contribution in [0.3, 0.4) is 0 Å². The van der Waals surface area contributed by atoms with E-state index in [1.165, 1.54) is 5.56 Å². The second-order valence-electron chi connectivity index (χ2n) is 4.89. The van der Waals surface area contributed by atoms with Gasteiger partial charge in [0.25, 0.3) is 0 Å². The number of methoxy groups -OCH3 is 1. The Labute approximate surface area is 110 Å². The topological polar surface area (TPSA) is 30.5 Å². The lowest BCUT2D eigenvalue weighted by molar-refractivity contribution is 0.110. The summed E-state index contributed by atoms with van der Waals surface area (Å²) in [5.74, 6) is 1.53. The molecule has 0 saturated carbocycles. The fourth-order valence-corrected chi connectivity index (χ4v) is 1.80. The van der Waals surface area contributed by atoms with Gasteiger partial charge in [0, 0.05) is 24.8 Å². The molecule has 0 radical (unpaired) electrons. The molecule has 0 aliphatic carbocycles. The molecule has 1 N–H and O–H groups in total. The van der Waals surface area contributed by atoms with Gasteiger partial charge in [0.2, 0.25) is 0 Å². The minimum Gasteiger partial charge on any atom is -0.496 e. The average molecular weight is 251 g/mol. The van der Waals surface area contributed by atoms with E-state index in [9.17, 15) is 0 Å². The van der Waals surface area contributed by atoms with E-state index in [1.807, 2.05) is 18.2 Å². The Kier molecular flexibility index (Phi) is 6.76. The molecule has 18 heavy (non-hydrogen) atoms. The van der Waals surface area contributed by atoms with Crippen LogP contribution in [0.2, 0.25) is 0 Å². The highest BCUT2D eigenvalue weighted by Crippen LogP contribution is 2.23. The zero-order chi connectivity index (χ0) is 13.4. The number of rotatable bonds is 8. The van der Waals surface area contributed by atoms with Crippen LogP contribution in [-0.2, 0) is 4.74 Å². The van der Waals surface area contributed by atoms with Gasteiger partial charge >= 0.3 is 0 Å². The first-order chi connectivity index (χ1) is 8.65. The van der Waals surface area contributed by atoms with Gasteiger partial charge in [-0.3, -0.25) is 0 Å². The molecule has 1 rings (SSSR count). The van der Waals surface area contributed by atoms with Crippen LogP contribution in [0, 0.1) is 5.92 Å². The van der Waals surface area contributed by atoms with Crippen LogP contribution >= 0.6 is 0 Å². The maximum Gasteiger partial charge on any atom is 0.123 e. The van der Waals surface area contributed by atoms with Crippen LogP contribution in [-0.4, -0.2) is 26.9 Å². The van der Waals surface area contributed by atoms with Crippen LogP contribution in [0.15, 0.2) is 24.3 Å². The highest BCUT2D eigenvalue weighted by atomic mass is 16.5. The van der Waals surface area contributed by atoms with Gasteiger partial charge in [0.15, 0.2) is 0 Å². The van der Waals surface area contributed by atoms with Gasteiger partial charge in [-0.1, -0.05) is 32.0 Å². The lowest BCUT2D eigenvalue weighted by Crippen LogP contribution is -2.24. The summed E-state index contributed by atoms with van der Waals surface area (Å²) in [5, 5.41) is 3.44. The molecule has 0 aromatic heterocycles. The Hall–Kier alpha value is -1.06. The molecular weight excluding hydrogens is 226 g/mol. The van der Waals surface area contributed by atoms with Crippen LogP contribution < -0.4 is 10.1 Å². The summed E-state index contributed by atoms with van der Waals surface area (Å²) in [6.45, 7) is 8.88. The third kappa shape index (κ3) is 5.07. The Morgan fingerprint density at radius 2 is 1.89 bits per heavy atom. The number of ether oxygens (including phenoxy) is 2. The van der Waals surface area contributed by atoms with Crippen LogP contribution in [0.1, 0.15) is 32.4 Å². The third-order valence-corrected chi connectivity index (χ3v) is 2.75. The van der Waals surface area contributed by atoms with E-state index < -0.39 is 0 Å². The third-order valence-electron chi connectivity index (χ3n) is 2.75. The Morgan fingerprint density at radius 1 is 1.17 bits per heavy atom. The Morgan fingerprint density at radius 3 is 2.56 bits per heavy atom. The lowest BCUT2D eigenvalue weighted by Gasteiger charge is -2.17. The van der Waals surface area contributed by atoms with Crippen molar-refractivity contribution in [3.05, 3.63) is 29.8 Å². The standard InChI is InChI=1S/C15H25NO2/c1-12(2)11-18-10-9-16-13(3)14-7-5-6-8-15(14)17-4/h5-8,12-13,16H,9-11H2,1-4H3/t13-/m1/s1. The van der Waals surface area contributed by atoms with Crippen molar-refractivity contribution in [3.63, 3.8) is 0 Å². The smallest absolute Gasteiger partial charge is 0.123 e. The first-order valence-electron chi connectivity index (χ1n) is 6.59. The van der Waals surface area contributed by atoms with Crippen LogP contribution in [0.4, 0.5) is 0 Å². The van der Waals surface area contributed by atoms with Crippen molar-refractivity contribution < 1.29 is 9.47 Å². The van der Waals surface area contributed by atoms with Crippen molar-refractivity contribution in [2.45, 2.75) is 26.8 Å². The molecule has 0 aliphatic heterocycles. The molecule has 3 heteroatoms. The second kappa shape index (κ2) is 8.11. The Bertz CT molecular complexity index is 339. The summed E-state index contributed by atoms with van der Waals surface area (Å²) in [6, 6.07) is 8.36. The average Bonchev–Trinajstić information content (AvgIpc) is 2.37. The van der Waals surface area contributed by atoms with E-state index >= 15 is 0 Å². The van der Waals surface area contributed by atoms with Crippen LogP contribution in [0.5, 0.6) is 5.75 Å². The van der Waals surface area contributed by atoms with Crippen molar-refractivity contribution in [2.24, 2.45) is 5.92 Å². The highest BCUT2D eigenvalue weighted by Gasteiger charge is 2.09. The number of hydrogen-bond donors (Lipinski definition) is 1. The molecule has 1 aromatic carbocycles. The summed E-state index contributed by atoms with van der Waals surface area (Å²) in [4.78, 5) is 0.